The van der Waals surface area contributed by atoms with Crippen LogP contribution in [0.1, 0.15) is 95.4 Å². The Labute approximate surface area is 607 Å². The van der Waals surface area contributed by atoms with E-state index in [1.807, 2.05) is 51.6 Å². The molecule has 2 amide bonds. The van der Waals surface area contributed by atoms with E-state index in [9.17, 15) is 28.6 Å². The minimum atomic E-state index is -0.981. The van der Waals surface area contributed by atoms with Gasteiger partial charge in [0.15, 0.2) is 79.4 Å². The molecule has 5 aliphatic heterocycles. The molecular weight excluding hydrogens is 1630 g/mol. The number of halogens is 5. The molecule has 0 radical (unpaired) electrons. The molecule has 0 aliphatic carbocycles. The maximum atomic E-state index is 14.1. The van der Waals surface area contributed by atoms with Crippen molar-refractivity contribution in [3.8, 4) is 34.5 Å². The summed E-state index contributed by atoms with van der Waals surface area (Å²) in [6, 6.07) is 14.2. The quantitative estimate of drug-likeness (QED) is 0.0250. The summed E-state index contributed by atoms with van der Waals surface area (Å²) in [6.45, 7) is 13.4. The lowest BCUT2D eigenvalue weighted by Gasteiger charge is -2.32. The van der Waals surface area contributed by atoms with Gasteiger partial charge in [-0.2, -0.15) is 28.7 Å². The van der Waals surface area contributed by atoms with Crippen LogP contribution in [0.25, 0.3) is 33.4 Å². The molecule has 2 fully saturated rings. The van der Waals surface area contributed by atoms with Crippen molar-refractivity contribution in [3.05, 3.63) is 94.3 Å². The number of carbonyl (C=O) groups is 2. The van der Waals surface area contributed by atoms with E-state index in [2.05, 4.69) is 116 Å². The number of likely N-dealkylation sites (tertiary alicyclic amines) is 2. The maximum Gasteiger partial charge on any atom is 0.312 e. The summed E-state index contributed by atoms with van der Waals surface area (Å²) >= 11 is 8.44. The van der Waals surface area contributed by atoms with Crippen molar-refractivity contribution in [1.82, 2.24) is 68.7 Å². The number of benzene rings is 3. The van der Waals surface area contributed by atoms with Crippen molar-refractivity contribution in [3.63, 3.8) is 0 Å². The standard InChI is InChI=1S/2C23H26FIN6O4.C19H22IN5O2S/c2*1-12(32)22(33)30-5-2-13(3-6-30)4-7-31-18(27-19-20(26)28-23(24)29-21(19)31)9-14-8-16-17(10-15(14)25)35-11-34-16;1-11(2)22-5-3-7-25-13-4-6-23-18(21)17(13)24-19(25)28-16-9-15-14(8-12(16)20)26-10-27-15/h2*8,10,12-13,32H,2-7,9,11H2,1H3,(H2,26,28,29);4,6,8-9,11,22H,3,5,7,10H2,1-2H3,(H2,21,23)/t2*12-;/m00./s1/i25+4;25-3;20-3. The highest BCUT2D eigenvalue weighted by atomic mass is 131. The van der Waals surface area contributed by atoms with E-state index >= 15 is 0 Å². The molecule has 98 heavy (non-hydrogen) atoms. The largest absolute Gasteiger partial charge is 0.454 e. The molecule has 2 atom stereocenters. The highest BCUT2D eigenvalue weighted by molar-refractivity contribution is 14.1. The molecule has 0 bridgehead atoms. The van der Waals surface area contributed by atoms with E-state index in [0.717, 1.165) is 112 Å². The fourth-order valence-electron chi connectivity index (χ4n) is 12.4. The Bertz CT molecular complexity index is 4240. The number of amides is 2. The van der Waals surface area contributed by atoms with Gasteiger partial charge in [0.1, 0.15) is 29.4 Å². The number of piperidine rings is 2. The maximum absolute atomic E-state index is 14.1. The van der Waals surface area contributed by atoms with Gasteiger partial charge in [-0.3, -0.25) is 9.59 Å². The predicted molar refractivity (Wildman–Crippen MR) is 386 cm³/mol. The number of aryl methyl sites for hydroxylation is 3. The second kappa shape index (κ2) is 31.1. The number of nitrogens with two attached hydrogens (primary N) is 3. The number of anilines is 3. The van der Waals surface area contributed by atoms with Crippen LogP contribution < -0.4 is 50.9 Å². The summed E-state index contributed by atoms with van der Waals surface area (Å²) in [7, 11) is 0. The molecule has 0 spiro atoms. The Morgan fingerprint density at radius 3 is 1.59 bits per heavy atom. The van der Waals surface area contributed by atoms with E-state index in [0.29, 0.717) is 133 Å². The van der Waals surface area contributed by atoms with Crippen LogP contribution in [-0.2, 0) is 42.1 Å². The average Bonchev–Trinajstić information content (AvgIpc) is 1.64. The van der Waals surface area contributed by atoms with Gasteiger partial charge in [0.2, 0.25) is 20.4 Å². The van der Waals surface area contributed by atoms with Crippen LogP contribution in [0.15, 0.2) is 58.7 Å². The van der Waals surface area contributed by atoms with E-state index in [1.54, 1.807) is 27.8 Å². The lowest BCUT2D eigenvalue weighted by atomic mass is 9.93. The first-order chi connectivity index (χ1) is 47.1. The van der Waals surface area contributed by atoms with Gasteiger partial charge in [0.25, 0.3) is 11.8 Å². The van der Waals surface area contributed by atoms with E-state index in [1.165, 1.54) is 13.8 Å². The summed E-state index contributed by atoms with van der Waals surface area (Å²) < 4.78 is 70.3. The molecule has 6 aromatic heterocycles. The van der Waals surface area contributed by atoms with Gasteiger partial charge in [-0.25, -0.2) is 19.9 Å². The second-order valence-electron chi connectivity index (χ2n) is 24.7. The molecule has 520 valence electrons. The number of nitrogens with zero attached hydrogens (tertiary/aromatic N) is 13. The van der Waals surface area contributed by atoms with Gasteiger partial charge in [0, 0.05) is 86.5 Å². The first-order valence-electron chi connectivity index (χ1n) is 32.2. The third-order valence-corrected chi connectivity index (χ3v) is 21.9. The Morgan fingerprint density at radius 1 is 0.612 bits per heavy atom. The Morgan fingerprint density at radius 2 is 1.08 bits per heavy atom. The number of hydrogen-bond acceptors (Lipinski definition) is 23. The Kier molecular flexibility index (Phi) is 22.5. The van der Waals surface area contributed by atoms with Crippen molar-refractivity contribution in [2.24, 2.45) is 11.8 Å². The number of aliphatic hydroxyl groups is 2. The van der Waals surface area contributed by atoms with Gasteiger partial charge < -0.3 is 84.7 Å². The molecule has 0 unspecified atom stereocenters. The van der Waals surface area contributed by atoms with Crippen molar-refractivity contribution in [2.75, 3.05) is 70.3 Å². The van der Waals surface area contributed by atoms with Gasteiger partial charge in [-0.15, -0.1) is 0 Å². The molecule has 9 aromatic rings. The fraction of sp³-hybridized carbons (Fsp3) is 0.446. The number of fused-ring (bicyclic) bond motifs is 6. The van der Waals surface area contributed by atoms with Gasteiger partial charge in [-0.05, 0) is 199 Å². The Balaban J connectivity index is 0.000000141. The molecular formula is C65H74F2I3N17O10S. The van der Waals surface area contributed by atoms with E-state index in [4.69, 9.17) is 60.6 Å². The number of nitrogens with one attached hydrogen (secondary N) is 1. The zero-order valence-corrected chi connectivity index (χ0v) is 61.4. The smallest absolute Gasteiger partial charge is 0.312 e. The van der Waals surface area contributed by atoms with Crippen LogP contribution >= 0.6 is 79.5 Å². The van der Waals surface area contributed by atoms with Crippen molar-refractivity contribution in [2.45, 2.75) is 133 Å². The summed E-state index contributed by atoms with van der Waals surface area (Å²) in [5, 5.41) is 23.5. The Hall–Kier alpha value is -7.20. The zero-order chi connectivity index (χ0) is 69.1. The van der Waals surface area contributed by atoms with Crippen molar-refractivity contribution < 1.29 is 57.0 Å². The van der Waals surface area contributed by atoms with Crippen molar-refractivity contribution >= 4 is 142 Å². The first-order valence-corrected chi connectivity index (χ1v) is 36.2. The van der Waals surface area contributed by atoms with Crippen molar-refractivity contribution in [1.29, 1.82) is 0 Å². The molecule has 14 rings (SSSR count). The highest BCUT2D eigenvalue weighted by Gasteiger charge is 2.30. The number of pyridine rings is 1. The number of carbonyl (C=O) groups excluding carboxylic acids is 2. The number of aromatic nitrogens is 11. The summed E-state index contributed by atoms with van der Waals surface area (Å²) in [5.41, 5.74) is 23.3. The molecule has 11 heterocycles. The van der Waals surface area contributed by atoms with E-state index < -0.39 is 24.4 Å². The summed E-state index contributed by atoms with van der Waals surface area (Å²) in [4.78, 5) is 62.3. The van der Waals surface area contributed by atoms with Crippen LogP contribution in [0, 0.1) is 34.7 Å². The SMILES string of the molecule is CC(C)NCCCn1c(Sc2cc3c(cc2[124I])OCO3)nc2c(N)nccc21.C[C@H](O)C(=O)N1CCC(CCn2c(Cc3cc4c(cc3[124I])OCO4)nc3c(N)nc(F)nc32)CC1.C[C@H](O)C(=O)N1CCC(CCn2c(Cc3cc4c(cc3[131I])OCO4)nc3c(N)nc(F)nc32)CC1. The molecule has 0 saturated carbocycles. The lowest BCUT2D eigenvalue weighted by Crippen LogP contribution is -2.43. The first kappa shape index (κ1) is 70.7. The topological polar surface area (TPSA) is 344 Å². The third-order valence-electron chi connectivity index (χ3n) is 17.6. The molecule has 27 nitrogen and oxygen atoms in total. The molecule has 3 aromatic carbocycles. The van der Waals surface area contributed by atoms with Gasteiger partial charge >= 0.3 is 12.2 Å². The van der Waals surface area contributed by atoms with Gasteiger partial charge in [0.05, 0.1) is 5.52 Å². The monoisotopic (exact) mass is 1700 g/mol. The summed E-state index contributed by atoms with van der Waals surface area (Å²) in [6.07, 6.45) is 4.96. The molecule has 2 saturated heterocycles. The van der Waals surface area contributed by atoms with Crippen LogP contribution in [0.3, 0.4) is 0 Å². The number of ether oxygens (including phenoxy) is 6. The third kappa shape index (κ3) is 16.2. The van der Waals surface area contributed by atoms with Crippen LogP contribution in [0.5, 0.6) is 34.5 Å². The number of imidazole rings is 3. The van der Waals surface area contributed by atoms with Crippen LogP contribution in [-0.4, -0.2) is 157 Å². The van der Waals surface area contributed by atoms with E-state index in [-0.39, 0.29) is 43.8 Å². The highest BCUT2D eigenvalue weighted by Crippen LogP contribution is 2.43. The second-order valence-corrected chi connectivity index (χ2v) is 29.2. The minimum Gasteiger partial charge on any atom is -0.454 e. The lowest BCUT2D eigenvalue weighted by molar-refractivity contribution is -0.141. The normalized spacial score (nSPS) is 15.7. The minimum absolute atomic E-state index is 0.0119. The predicted octanol–water partition coefficient (Wildman–Crippen LogP) is 8.85. The molecule has 5 aliphatic rings. The zero-order valence-electron chi connectivity index (χ0n) is 54.2. The summed E-state index contributed by atoms with van der Waals surface area (Å²) in [5.74, 6) is 6.57. The molecule has 33 heteroatoms. The number of rotatable bonds is 19. The molecule has 9 N–H and O–H groups in total. The number of hydrogen-bond donors (Lipinski definition) is 6. The van der Waals surface area contributed by atoms with Gasteiger partial charge in [-0.1, -0.05) is 25.6 Å². The van der Waals surface area contributed by atoms with Crippen LogP contribution in [0.2, 0.25) is 0 Å². The average molecular weight is 1700 g/mol. The fourth-order valence-corrected chi connectivity index (χ4v) is 15.4. The van der Waals surface area contributed by atoms with Crippen LogP contribution in [0.4, 0.5) is 26.2 Å². The number of nitrogen functional groups attached to an aromatic ring is 3. The number of aliphatic hydroxyl groups excluding tert-OH is 2.